The number of carbonyl (C=O) groups is 1. The van der Waals surface area contributed by atoms with Crippen LogP contribution in [0.25, 0.3) is 0 Å². The highest BCUT2D eigenvalue weighted by atomic mass is 79.9. The molecule has 4 heteroatoms. The minimum Gasteiger partial charge on any atom is -0.341 e. The summed E-state index contributed by atoms with van der Waals surface area (Å²) in [7, 11) is 0. The Morgan fingerprint density at radius 1 is 1.47 bits per heavy atom. The standard InChI is InChI=1S/C11H18BrNOS/c1-8-2-4-13(6-10(8)12)11(14)9-3-5-15-7-9/h8-10H,2-7H2,1H3. The molecule has 0 aliphatic carbocycles. The van der Waals surface area contributed by atoms with E-state index >= 15 is 0 Å². The summed E-state index contributed by atoms with van der Waals surface area (Å²) in [5, 5.41) is 0. The molecule has 1 amide bonds. The van der Waals surface area contributed by atoms with Gasteiger partial charge < -0.3 is 4.90 Å². The minimum absolute atomic E-state index is 0.308. The lowest BCUT2D eigenvalue weighted by molar-refractivity contribution is -0.135. The molecule has 2 fully saturated rings. The molecule has 0 N–H and O–H groups in total. The van der Waals surface area contributed by atoms with Crippen LogP contribution in [-0.4, -0.2) is 40.2 Å². The molecule has 2 rings (SSSR count). The maximum atomic E-state index is 12.1. The summed E-state index contributed by atoms with van der Waals surface area (Å²) in [4.78, 5) is 14.7. The number of hydrogen-bond donors (Lipinski definition) is 0. The van der Waals surface area contributed by atoms with Gasteiger partial charge in [0, 0.05) is 29.6 Å². The smallest absolute Gasteiger partial charge is 0.226 e. The summed E-state index contributed by atoms with van der Waals surface area (Å²) in [6.45, 7) is 4.12. The second-order valence-electron chi connectivity index (χ2n) is 4.63. The maximum Gasteiger partial charge on any atom is 0.226 e. The van der Waals surface area contributed by atoms with Gasteiger partial charge >= 0.3 is 0 Å². The van der Waals surface area contributed by atoms with E-state index in [2.05, 4.69) is 27.8 Å². The van der Waals surface area contributed by atoms with Gasteiger partial charge in [-0.3, -0.25) is 4.79 Å². The largest absolute Gasteiger partial charge is 0.341 e. The highest BCUT2D eigenvalue weighted by Crippen LogP contribution is 2.29. The number of likely N-dealkylation sites (tertiary alicyclic amines) is 1. The summed E-state index contributed by atoms with van der Waals surface area (Å²) in [6.07, 6.45) is 2.23. The molecule has 0 aromatic carbocycles. The van der Waals surface area contributed by atoms with Crippen molar-refractivity contribution in [2.75, 3.05) is 24.6 Å². The highest BCUT2D eigenvalue weighted by molar-refractivity contribution is 9.09. The fourth-order valence-corrected chi connectivity index (χ4v) is 4.04. The summed E-state index contributed by atoms with van der Waals surface area (Å²) in [5.74, 6) is 3.61. The maximum absolute atomic E-state index is 12.1. The van der Waals surface area contributed by atoms with E-state index in [1.165, 1.54) is 5.75 Å². The monoisotopic (exact) mass is 291 g/mol. The molecule has 2 aliphatic rings. The number of carbonyl (C=O) groups excluding carboxylic acids is 1. The van der Waals surface area contributed by atoms with Crippen molar-refractivity contribution in [2.24, 2.45) is 11.8 Å². The molecule has 0 saturated carbocycles. The molecular weight excluding hydrogens is 274 g/mol. The van der Waals surface area contributed by atoms with Crippen LogP contribution in [0.3, 0.4) is 0 Å². The number of thioether (sulfide) groups is 1. The van der Waals surface area contributed by atoms with E-state index in [1.54, 1.807) is 0 Å². The molecule has 15 heavy (non-hydrogen) atoms. The Bertz CT molecular complexity index is 243. The first-order valence-corrected chi connectivity index (χ1v) is 7.76. The molecule has 3 unspecified atom stereocenters. The quantitative estimate of drug-likeness (QED) is 0.692. The van der Waals surface area contributed by atoms with Crippen LogP contribution in [0, 0.1) is 11.8 Å². The molecule has 0 aromatic heterocycles. The van der Waals surface area contributed by atoms with Crippen molar-refractivity contribution >= 4 is 33.6 Å². The lowest BCUT2D eigenvalue weighted by Crippen LogP contribution is -2.46. The van der Waals surface area contributed by atoms with Crippen molar-refractivity contribution in [3.63, 3.8) is 0 Å². The molecule has 86 valence electrons. The normalized spacial score (nSPS) is 36.9. The fourth-order valence-electron chi connectivity index (χ4n) is 2.21. The Hall–Kier alpha value is 0.300. The Labute approximate surface area is 104 Å². The van der Waals surface area contributed by atoms with Gasteiger partial charge in [0.25, 0.3) is 0 Å². The molecule has 0 spiro atoms. The van der Waals surface area contributed by atoms with Crippen LogP contribution in [0.1, 0.15) is 19.8 Å². The number of rotatable bonds is 1. The van der Waals surface area contributed by atoms with Crippen LogP contribution in [-0.2, 0) is 4.79 Å². The number of nitrogens with zero attached hydrogens (tertiary/aromatic N) is 1. The van der Waals surface area contributed by atoms with Crippen LogP contribution in [0.5, 0.6) is 0 Å². The van der Waals surface area contributed by atoms with Crippen molar-refractivity contribution in [1.82, 2.24) is 4.90 Å². The van der Waals surface area contributed by atoms with E-state index in [0.717, 1.165) is 31.7 Å². The predicted octanol–water partition coefficient (Wildman–Crippen LogP) is 2.37. The van der Waals surface area contributed by atoms with Crippen LogP contribution in [0.2, 0.25) is 0 Å². The van der Waals surface area contributed by atoms with Gasteiger partial charge in [-0.25, -0.2) is 0 Å². The van der Waals surface area contributed by atoms with Gasteiger partial charge in [-0.15, -0.1) is 0 Å². The van der Waals surface area contributed by atoms with Crippen molar-refractivity contribution in [3.05, 3.63) is 0 Å². The van der Waals surface area contributed by atoms with E-state index in [0.29, 0.717) is 22.6 Å². The fraction of sp³-hybridized carbons (Fsp3) is 0.909. The van der Waals surface area contributed by atoms with Gasteiger partial charge in [0.15, 0.2) is 0 Å². The number of halogens is 1. The number of alkyl halides is 1. The van der Waals surface area contributed by atoms with Gasteiger partial charge in [-0.1, -0.05) is 22.9 Å². The molecular formula is C11H18BrNOS. The van der Waals surface area contributed by atoms with Crippen LogP contribution in [0.4, 0.5) is 0 Å². The Balaban J connectivity index is 1.90. The number of hydrogen-bond acceptors (Lipinski definition) is 2. The van der Waals surface area contributed by atoms with Crippen molar-refractivity contribution in [2.45, 2.75) is 24.6 Å². The molecule has 2 aliphatic heterocycles. The topological polar surface area (TPSA) is 20.3 Å². The molecule has 2 saturated heterocycles. The summed E-state index contributed by atoms with van der Waals surface area (Å²) in [5.41, 5.74) is 0. The van der Waals surface area contributed by atoms with Crippen molar-refractivity contribution in [3.8, 4) is 0 Å². The SMILES string of the molecule is CC1CCN(C(=O)C2CCSC2)CC1Br. The number of amides is 1. The van der Waals surface area contributed by atoms with E-state index in [4.69, 9.17) is 0 Å². The molecule has 0 radical (unpaired) electrons. The van der Waals surface area contributed by atoms with E-state index in [-0.39, 0.29) is 0 Å². The third kappa shape index (κ3) is 2.70. The second kappa shape index (κ2) is 5.09. The molecule has 2 heterocycles. The zero-order chi connectivity index (χ0) is 10.8. The van der Waals surface area contributed by atoms with Crippen LogP contribution < -0.4 is 0 Å². The average Bonchev–Trinajstić information content (AvgIpc) is 2.74. The van der Waals surface area contributed by atoms with Gasteiger partial charge in [-0.2, -0.15) is 11.8 Å². The third-order valence-corrected chi connectivity index (χ3v) is 5.81. The Morgan fingerprint density at radius 3 is 2.87 bits per heavy atom. The summed E-state index contributed by atoms with van der Waals surface area (Å²) in [6, 6.07) is 0. The average molecular weight is 292 g/mol. The van der Waals surface area contributed by atoms with Gasteiger partial charge in [0.2, 0.25) is 5.91 Å². The first kappa shape index (κ1) is 11.8. The second-order valence-corrected chi connectivity index (χ2v) is 6.95. The number of piperidine rings is 1. The predicted molar refractivity (Wildman–Crippen MR) is 68.5 cm³/mol. The van der Waals surface area contributed by atoms with Crippen molar-refractivity contribution in [1.29, 1.82) is 0 Å². The third-order valence-electron chi connectivity index (χ3n) is 3.46. The molecule has 0 aromatic rings. The lowest BCUT2D eigenvalue weighted by atomic mass is 9.97. The van der Waals surface area contributed by atoms with Gasteiger partial charge in [0.1, 0.15) is 0 Å². The van der Waals surface area contributed by atoms with Crippen LogP contribution >= 0.6 is 27.7 Å². The Kier molecular flexibility index (Phi) is 3.99. The van der Waals surface area contributed by atoms with E-state index in [9.17, 15) is 4.79 Å². The summed E-state index contributed by atoms with van der Waals surface area (Å²) >= 11 is 5.59. The first-order valence-electron chi connectivity index (χ1n) is 5.69. The van der Waals surface area contributed by atoms with Gasteiger partial charge in [-0.05, 0) is 24.5 Å². The van der Waals surface area contributed by atoms with Gasteiger partial charge in [0.05, 0.1) is 0 Å². The molecule has 0 bridgehead atoms. The lowest BCUT2D eigenvalue weighted by Gasteiger charge is -2.35. The minimum atomic E-state index is 0.308. The van der Waals surface area contributed by atoms with E-state index in [1.807, 2.05) is 11.8 Å². The van der Waals surface area contributed by atoms with Crippen LogP contribution in [0.15, 0.2) is 0 Å². The zero-order valence-electron chi connectivity index (χ0n) is 9.12. The highest BCUT2D eigenvalue weighted by Gasteiger charge is 2.32. The van der Waals surface area contributed by atoms with Crippen molar-refractivity contribution < 1.29 is 4.79 Å². The van der Waals surface area contributed by atoms with E-state index < -0.39 is 0 Å². The molecule has 2 nitrogen and oxygen atoms in total. The summed E-state index contributed by atoms with van der Waals surface area (Å²) < 4.78 is 0. The zero-order valence-corrected chi connectivity index (χ0v) is 11.5. The first-order chi connectivity index (χ1) is 7.18. The Morgan fingerprint density at radius 2 is 2.27 bits per heavy atom. The molecule has 3 atom stereocenters.